The van der Waals surface area contributed by atoms with Crippen LogP contribution in [0.15, 0.2) is 5.38 Å². The summed E-state index contributed by atoms with van der Waals surface area (Å²) in [7, 11) is -2.99. The van der Waals surface area contributed by atoms with E-state index in [0.29, 0.717) is 11.0 Å². The summed E-state index contributed by atoms with van der Waals surface area (Å²) in [6.45, 7) is 6.58. The van der Waals surface area contributed by atoms with Gasteiger partial charge in [-0.1, -0.05) is 20.3 Å². The van der Waals surface area contributed by atoms with E-state index in [2.05, 4.69) is 23.7 Å². The summed E-state index contributed by atoms with van der Waals surface area (Å²) in [5.41, 5.74) is 1.02. The maximum absolute atomic E-state index is 11.3. The molecular weight excluding hydrogens is 304 g/mol. The summed E-state index contributed by atoms with van der Waals surface area (Å²) in [5, 5.41) is 2.73. The van der Waals surface area contributed by atoms with Gasteiger partial charge in [-0.05, 0) is 31.7 Å². The molecule has 1 saturated heterocycles. The molecule has 1 aromatic heterocycles. The van der Waals surface area contributed by atoms with Gasteiger partial charge in [-0.3, -0.25) is 4.90 Å². The minimum absolute atomic E-state index is 0.0620. The highest BCUT2D eigenvalue weighted by molar-refractivity contribution is 7.90. The van der Waals surface area contributed by atoms with Crippen LogP contribution < -0.4 is 0 Å². The predicted molar refractivity (Wildman–Crippen MR) is 88.2 cm³/mol. The Balaban J connectivity index is 2.02. The van der Waals surface area contributed by atoms with Gasteiger partial charge in [-0.25, -0.2) is 13.4 Å². The van der Waals surface area contributed by atoms with E-state index in [1.54, 1.807) is 0 Å². The minimum Gasteiger partial charge on any atom is -0.294 e. The van der Waals surface area contributed by atoms with Crippen molar-refractivity contribution in [2.24, 2.45) is 5.92 Å². The Morgan fingerprint density at radius 3 is 2.90 bits per heavy atom. The van der Waals surface area contributed by atoms with E-state index in [4.69, 9.17) is 0 Å². The van der Waals surface area contributed by atoms with E-state index >= 15 is 0 Å². The van der Waals surface area contributed by atoms with Crippen LogP contribution in [0.1, 0.15) is 50.2 Å². The zero-order valence-corrected chi connectivity index (χ0v) is 14.8. The number of piperidine rings is 1. The standard InChI is InChI=1S/C15H26N2O2S2/c1-4-6-14-12(2)7-5-8-17(14)9-13-10-20-15(16-13)11-21(3,18)19/h10,12,14H,4-9,11H2,1-3H3. The lowest BCUT2D eigenvalue weighted by Crippen LogP contribution is -2.43. The van der Waals surface area contributed by atoms with E-state index in [9.17, 15) is 8.42 Å². The molecule has 0 spiro atoms. The van der Waals surface area contributed by atoms with E-state index in [1.165, 1.54) is 43.3 Å². The van der Waals surface area contributed by atoms with Gasteiger partial charge in [0.05, 0.1) is 5.69 Å². The number of rotatable bonds is 6. The minimum atomic E-state index is -2.99. The van der Waals surface area contributed by atoms with Crippen LogP contribution in [-0.4, -0.2) is 37.1 Å². The van der Waals surface area contributed by atoms with Crippen LogP contribution in [-0.2, 0) is 22.1 Å². The molecule has 1 aromatic rings. The number of hydrogen-bond acceptors (Lipinski definition) is 5. The monoisotopic (exact) mass is 330 g/mol. The van der Waals surface area contributed by atoms with Crippen molar-refractivity contribution >= 4 is 21.2 Å². The topological polar surface area (TPSA) is 50.3 Å². The fraction of sp³-hybridized carbons (Fsp3) is 0.800. The van der Waals surface area contributed by atoms with E-state index in [-0.39, 0.29) is 5.75 Å². The lowest BCUT2D eigenvalue weighted by molar-refractivity contribution is 0.0853. The molecule has 0 amide bonds. The van der Waals surface area contributed by atoms with Gasteiger partial charge in [0.2, 0.25) is 0 Å². The SMILES string of the molecule is CCCC1C(C)CCCN1Cc1csc(CS(C)(=O)=O)n1. The molecule has 0 bridgehead atoms. The molecule has 2 atom stereocenters. The number of thiazole rings is 1. The van der Waals surface area contributed by atoms with Crippen LogP contribution in [0, 0.1) is 5.92 Å². The third kappa shape index (κ3) is 5.04. The van der Waals surface area contributed by atoms with Crippen molar-refractivity contribution in [1.82, 2.24) is 9.88 Å². The zero-order valence-electron chi connectivity index (χ0n) is 13.2. The van der Waals surface area contributed by atoms with E-state index < -0.39 is 9.84 Å². The Labute approximate surface area is 132 Å². The Bertz CT molecular complexity index is 554. The zero-order chi connectivity index (χ0) is 15.5. The first-order valence-corrected chi connectivity index (χ1v) is 10.7. The highest BCUT2D eigenvalue weighted by atomic mass is 32.2. The number of aromatic nitrogens is 1. The first kappa shape index (κ1) is 16.9. The molecule has 2 rings (SSSR count). The molecule has 0 aromatic carbocycles. The number of hydrogen-bond donors (Lipinski definition) is 0. The normalized spacial score (nSPS) is 24.3. The molecule has 120 valence electrons. The molecule has 0 aliphatic carbocycles. The van der Waals surface area contributed by atoms with Crippen molar-refractivity contribution < 1.29 is 8.42 Å². The average molecular weight is 331 g/mol. The first-order chi connectivity index (χ1) is 9.89. The summed E-state index contributed by atoms with van der Waals surface area (Å²) < 4.78 is 22.7. The average Bonchev–Trinajstić information content (AvgIpc) is 2.78. The first-order valence-electron chi connectivity index (χ1n) is 7.74. The third-order valence-corrected chi connectivity index (χ3v) is 6.04. The summed E-state index contributed by atoms with van der Waals surface area (Å²) in [6, 6.07) is 0.642. The lowest BCUT2D eigenvalue weighted by Gasteiger charge is -2.39. The molecule has 4 nitrogen and oxygen atoms in total. The van der Waals surface area contributed by atoms with Crippen LogP contribution in [0.3, 0.4) is 0 Å². The van der Waals surface area contributed by atoms with Crippen LogP contribution in [0.4, 0.5) is 0 Å². The highest BCUT2D eigenvalue weighted by Gasteiger charge is 2.28. The van der Waals surface area contributed by atoms with Crippen LogP contribution >= 0.6 is 11.3 Å². The molecule has 2 heterocycles. The molecular formula is C15H26N2O2S2. The molecule has 1 aliphatic rings. The molecule has 0 saturated carbocycles. The Morgan fingerprint density at radius 2 is 2.24 bits per heavy atom. The van der Waals surface area contributed by atoms with Crippen molar-refractivity contribution in [2.75, 3.05) is 12.8 Å². The van der Waals surface area contributed by atoms with Gasteiger partial charge < -0.3 is 0 Å². The predicted octanol–water partition coefficient (Wildman–Crippen LogP) is 3.09. The molecule has 0 radical (unpaired) electrons. The van der Waals surface area contributed by atoms with Gasteiger partial charge in [-0.15, -0.1) is 11.3 Å². The van der Waals surface area contributed by atoms with Gasteiger partial charge in [0.25, 0.3) is 0 Å². The lowest BCUT2D eigenvalue weighted by atomic mass is 9.88. The largest absolute Gasteiger partial charge is 0.294 e. The summed E-state index contributed by atoms with van der Waals surface area (Å²) in [4.78, 5) is 7.05. The van der Waals surface area contributed by atoms with Crippen molar-refractivity contribution in [3.8, 4) is 0 Å². The van der Waals surface area contributed by atoms with Crippen LogP contribution in [0.25, 0.3) is 0 Å². The Kier molecular flexibility index (Phi) is 5.80. The maximum Gasteiger partial charge on any atom is 0.153 e. The van der Waals surface area contributed by atoms with Gasteiger partial charge in [-0.2, -0.15) is 0 Å². The molecule has 21 heavy (non-hydrogen) atoms. The fourth-order valence-electron chi connectivity index (χ4n) is 3.21. The number of nitrogens with zero attached hydrogens (tertiary/aromatic N) is 2. The third-order valence-electron chi connectivity index (χ3n) is 4.17. The number of likely N-dealkylation sites (tertiary alicyclic amines) is 1. The molecule has 0 N–H and O–H groups in total. The second-order valence-corrected chi connectivity index (χ2v) is 9.33. The summed E-state index contributed by atoms with van der Waals surface area (Å²) in [6.07, 6.45) is 6.28. The van der Waals surface area contributed by atoms with Gasteiger partial charge in [0, 0.05) is 24.2 Å². The molecule has 2 unspecified atom stereocenters. The fourth-order valence-corrected chi connectivity index (χ4v) is 5.21. The van der Waals surface area contributed by atoms with E-state index in [1.807, 2.05) is 5.38 Å². The quantitative estimate of drug-likeness (QED) is 0.804. The van der Waals surface area contributed by atoms with Crippen molar-refractivity contribution in [3.63, 3.8) is 0 Å². The van der Waals surface area contributed by atoms with Crippen molar-refractivity contribution in [3.05, 3.63) is 16.1 Å². The Hall–Kier alpha value is -0.460. The summed E-state index contributed by atoms with van der Waals surface area (Å²) >= 11 is 1.46. The smallest absolute Gasteiger partial charge is 0.153 e. The Morgan fingerprint density at radius 1 is 1.48 bits per heavy atom. The van der Waals surface area contributed by atoms with E-state index in [0.717, 1.165) is 24.7 Å². The van der Waals surface area contributed by atoms with Crippen molar-refractivity contribution in [1.29, 1.82) is 0 Å². The van der Waals surface area contributed by atoms with Gasteiger partial charge in [0.1, 0.15) is 10.8 Å². The van der Waals surface area contributed by atoms with Crippen LogP contribution in [0.5, 0.6) is 0 Å². The second-order valence-electron chi connectivity index (χ2n) is 6.25. The highest BCUT2D eigenvalue weighted by Crippen LogP contribution is 2.28. The maximum atomic E-state index is 11.3. The molecule has 6 heteroatoms. The second kappa shape index (κ2) is 7.20. The number of sulfone groups is 1. The molecule has 1 aliphatic heterocycles. The van der Waals surface area contributed by atoms with Crippen LogP contribution in [0.2, 0.25) is 0 Å². The molecule has 1 fully saturated rings. The van der Waals surface area contributed by atoms with Gasteiger partial charge >= 0.3 is 0 Å². The van der Waals surface area contributed by atoms with Crippen molar-refractivity contribution in [2.45, 2.75) is 57.9 Å². The van der Waals surface area contributed by atoms with Gasteiger partial charge in [0.15, 0.2) is 9.84 Å². The summed E-state index contributed by atoms with van der Waals surface area (Å²) in [5.74, 6) is 0.805.